The monoisotopic (exact) mass is 165 g/mol. The molecule has 0 heterocycles. The standard InChI is InChI=1S/C9H11NO2/c10-9(3-4-9)6-1-2-7(11)8(12)5-6/h1-2,5,11-12H,3-4,10H2. The van der Waals surface area contributed by atoms with Gasteiger partial charge in [0.2, 0.25) is 0 Å². The van der Waals surface area contributed by atoms with E-state index in [1.807, 2.05) is 0 Å². The molecular weight excluding hydrogens is 154 g/mol. The molecule has 1 fully saturated rings. The average Bonchev–Trinajstić information content (AvgIpc) is 2.75. The lowest BCUT2D eigenvalue weighted by Crippen LogP contribution is -2.18. The number of benzene rings is 1. The van der Waals surface area contributed by atoms with Gasteiger partial charge in [0.25, 0.3) is 0 Å². The molecule has 0 amide bonds. The zero-order valence-corrected chi connectivity index (χ0v) is 6.62. The van der Waals surface area contributed by atoms with Gasteiger partial charge in [-0.2, -0.15) is 0 Å². The zero-order chi connectivity index (χ0) is 8.77. The molecule has 0 aromatic heterocycles. The second-order valence-corrected chi connectivity index (χ2v) is 3.36. The number of hydrogen-bond donors (Lipinski definition) is 3. The van der Waals surface area contributed by atoms with E-state index in [4.69, 9.17) is 10.8 Å². The van der Waals surface area contributed by atoms with E-state index >= 15 is 0 Å². The molecule has 0 unspecified atom stereocenters. The van der Waals surface area contributed by atoms with E-state index in [0.717, 1.165) is 18.4 Å². The molecule has 64 valence electrons. The molecule has 2 rings (SSSR count). The van der Waals surface area contributed by atoms with Crippen LogP contribution in [0, 0.1) is 0 Å². The van der Waals surface area contributed by atoms with Gasteiger partial charge in [-0.3, -0.25) is 0 Å². The van der Waals surface area contributed by atoms with E-state index in [-0.39, 0.29) is 17.0 Å². The Hall–Kier alpha value is -1.22. The van der Waals surface area contributed by atoms with Crippen LogP contribution in [0.3, 0.4) is 0 Å². The van der Waals surface area contributed by atoms with Crippen molar-refractivity contribution in [2.24, 2.45) is 5.73 Å². The molecule has 0 radical (unpaired) electrons. The van der Waals surface area contributed by atoms with Crippen LogP contribution in [0.2, 0.25) is 0 Å². The minimum absolute atomic E-state index is 0.0933. The third-order valence-electron chi connectivity index (χ3n) is 2.34. The van der Waals surface area contributed by atoms with Gasteiger partial charge in [0, 0.05) is 5.54 Å². The van der Waals surface area contributed by atoms with E-state index in [2.05, 4.69) is 0 Å². The van der Waals surface area contributed by atoms with Crippen molar-refractivity contribution in [2.75, 3.05) is 0 Å². The van der Waals surface area contributed by atoms with E-state index in [1.54, 1.807) is 6.07 Å². The van der Waals surface area contributed by atoms with Crippen LogP contribution in [0.1, 0.15) is 18.4 Å². The van der Waals surface area contributed by atoms with Gasteiger partial charge in [-0.25, -0.2) is 0 Å². The van der Waals surface area contributed by atoms with Crippen molar-refractivity contribution in [3.8, 4) is 11.5 Å². The van der Waals surface area contributed by atoms with Gasteiger partial charge in [0.1, 0.15) is 0 Å². The number of phenols is 2. The van der Waals surface area contributed by atoms with E-state index < -0.39 is 0 Å². The van der Waals surface area contributed by atoms with Crippen molar-refractivity contribution in [1.82, 2.24) is 0 Å². The molecular formula is C9H11NO2. The molecule has 3 heteroatoms. The summed E-state index contributed by atoms with van der Waals surface area (Å²) in [7, 11) is 0. The largest absolute Gasteiger partial charge is 0.504 e. The first kappa shape index (κ1) is 7.43. The number of aromatic hydroxyl groups is 2. The fourth-order valence-corrected chi connectivity index (χ4v) is 1.26. The molecule has 1 aliphatic rings. The Balaban J connectivity index is 2.41. The number of rotatable bonds is 1. The summed E-state index contributed by atoms with van der Waals surface area (Å²) in [5, 5.41) is 18.2. The summed E-state index contributed by atoms with van der Waals surface area (Å²) in [4.78, 5) is 0. The molecule has 1 saturated carbocycles. The fraction of sp³-hybridized carbons (Fsp3) is 0.333. The summed E-state index contributed by atoms with van der Waals surface area (Å²) in [6, 6.07) is 4.75. The first-order valence-corrected chi connectivity index (χ1v) is 3.93. The highest BCUT2D eigenvalue weighted by atomic mass is 16.3. The van der Waals surface area contributed by atoms with Gasteiger partial charge >= 0.3 is 0 Å². The molecule has 12 heavy (non-hydrogen) atoms. The summed E-state index contributed by atoms with van der Waals surface area (Å²) >= 11 is 0. The van der Waals surface area contributed by atoms with Gasteiger partial charge in [-0.1, -0.05) is 6.07 Å². The van der Waals surface area contributed by atoms with Crippen LogP contribution in [-0.2, 0) is 5.54 Å². The maximum absolute atomic E-state index is 9.19. The summed E-state index contributed by atoms with van der Waals surface area (Å²) in [6.45, 7) is 0. The van der Waals surface area contributed by atoms with Crippen LogP contribution < -0.4 is 5.73 Å². The number of hydrogen-bond acceptors (Lipinski definition) is 3. The van der Waals surface area contributed by atoms with Crippen molar-refractivity contribution < 1.29 is 10.2 Å². The molecule has 3 nitrogen and oxygen atoms in total. The van der Waals surface area contributed by atoms with Gasteiger partial charge in [-0.15, -0.1) is 0 Å². The van der Waals surface area contributed by atoms with Crippen molar-refractivity contribution >= 4 is 0 Å². The van der Waals surface area contributed by atoms with Crippen molar-refractivity contribution in [3.05, 3.63) is 23.8 Å². The predicted molar refractivity (Wildman–Crippen MR) is 44.9 cm³/mol. The Morgan fingerprint density at radius 1 is 1.17 bits per heavy atom. The van der Waals surface area contributed by atoms with Crippen LogP contribution in [0.4, 0.5) is 0 Å². The fourth-order valence-electron chi connectivity index (χ4n) is 1.26. The van der Waals surface area contributed by atoms with Crippen molar-refractivity contribution in [1.29, 1.82) is 0 Å². The maximum atomic E-state index is 9.19. The topological polar surface area (TPSA) is 66.5 Å². The first-order valence-electron chi connectivity index (χ1n) is 3.93. The Bertz CT molecular complexity index is 318. The normalized spacial score (nSPS) is 19.1. The number of phenolic OH excluding ortho intramolecular Hbond substituents is 2. The quantitative estimate of drug-likeness (QED) is 0.545. The molecule has 0 aliphatic heterocycles. The third kappa shape index (κ3) is 1.02. The molecule has 0 spiro atoms. The maximum Gasteiger partial charge on any atom is 0.157 e. The first-order chi connectivity index (χ1) is 5.62. The highest BCUT2D eigenvalue weighted by molar-refractivity contribution is 5.44. The summed E-state index contributed by atoms with van der Waals surface area (Å²) in [6.07, 6.45) is 1.91. The smallest absolute Gasteiger partial charge is 0.157 e. The lowest BCUT2D eigenvalue weighted by molar-refractivity contribution is 0.402. The molecule has 4 N–H and O–H groups in total. The average molecular weight is 165 g/mol. The Morgan fingerprint density at radius 2 is 1.83 bits per heavy atom. The molecule has 0 bridgehead atoms. The van der Waals surface area contributed by atoms with E-state index in [1.165, 1.54) is 12.1 Å². The molecule has 1 aromatic rings. The van der Waals surface area contributed by atoms with Gasteiger partial charge < -0.3 is 15.9 Å². The molecule has 1 aliphatic carbocycles. The zero-order valence-electron chi connectivity index (χ0n) is 6.62. The third-order valence-corrected chi connectivity index (χ3v) is 2.34. The highest BCUT2D eigenvalue weighted by Gasteiger charge is 2.40. The van der Waals surface area contributed by atoms with Crippen LogP contribution in [0.25, 0.3) is 0 Å². The SMILES string of the molecule is NC1(c2ccc(O)c(O)c2)CC1. The lowest BCUT2D eigenvalue weighted by atomic mass is 10.1. The van der Waals surface area contributed by atoms with Crippen LogP contribution in [0.5, 0.6) is 11.5 Å². The van der Waals surface area contributed by atoms with E-state index in [9.17, 15) is 5.11 Å². The lowest BCUT2D eigenvalue weighted by Gasteiger charge is -2.09. The Kier molecular flexibility index (Phi) is 1.32. The summed E-state index contributed by atoms with van der Waals surface area (Å²) < 4.78 is 0. The van der Waals surface area contributed by atoms with E-state index in [0.29, 0.717) is 0 Å². The van der Waals surface area contributed by atoms with Crippen molar-refractivity contribution in [2.45, 2.75) is 18.4 Å². The number of nitrogens with two attached hydrogens (primary N) is 1. The van der Waals surface area contributed by atoms with Crippen molar-refractivity contribution in [3.63, 3.8) is 0 Å². The second-order valence-electron chi connectivity index (χ2n) is 3.36. The minimum Gasteiger partial charge on any atom is -0.504 e. The molecule has 1 aromatic carbocycles. The molecule has 0 saturated heterocycles. The highest BCUT2D eigenvalue weighted by Crippen LogP contribution is 2.44. The summed E-state index contributed by atoms with van der Waals surface area (Å²) in [5.74, 6) is -0.188. The van der Waals surface area contributed by atoms with Gasteiger partial charge in [0.05, 0.1) is 0 Å². The minimum atomic E-state index is -0.245. The summed E-state index contributed by atoms with van der Waals surface area (Å²) in [5.41, 5.74) is 6.55. The van der Waals surface area contributed by atoms with Gasteiger partial charge in [0.15, 0.2) is 11.5 Å². The molecule has 0 atom stereocenters. The van der Waals surface area contributed by atoms with Gasteiger partial charge in [-0.05, 0) is 30.5 Å². The van der Waals surface area contributed by atoms with Crippen LogP contribution in [0.15, 0.2) is 18.2 Å². The van der Waals surface area contributed by atoms with Crippen LogP contribution in [-0.4, -0.2) is 10.2 Å². The Labute approximate surface area is 70.4 Å². The predicted octanol–water partition coefficient (Wildman–Crippen LogP) is 1.05. The Morgan fingerprint density at radius 3 is 2.33 bits per heavy atom. The second kappa shape index (κ2) is 2.14. The van der Waals surface area contributed by atoms with Crippen LogP contribution >= 0.6 is 0 Å².